The summed E-state index contributed by atoms with van der Waals surface area (Å²) in [6.07, 6.45) is 2.95. The fraction of sp³-hybridized carbons (Fsp3) is 0.500. The Morgan fingerprint density at radius 3 is 2.67 bits per heavy atom. The molecule has 0 bridgehead atoms. The number of nitrogens with two attached hydrogens (primary N) is 1. The van der Waals surface area contributed by atoms with E-state index in [0.717, 1.165) is 19.3 Å². The number of anilines is 1. The van der Waals surface area contributed by atoms with Crippen LogP contribution in [0.4, 0.5) is 16.2 Å². The molecule has 2 rings (SSSR count). The highest BCUT2D eigenvalue weighted by atomic mass is 16.6. The number of amides is 2. The molecule has 1 fully saturated rings. The summed E-state index contributed by atoms with van der Waals surface area (Å²) in [5.41, 5.74) is 6.49. The van der Waals surface area contributed by atoms with E-state index in [1.54, 1.807) is 4.90 Å². The van der Waals surface area contributed by atoms with E-state index in [-0.39, 0.29) is 23.8 Å². The Kier molecular flexibility index (Phi) is 4.74. The molecule has 21 heavy (non-hydrogen) atoms. The predicted octanol–water partition coefficient (Wildman–Crippen LogP) is 2.33. The van der Waals surface area contributed by atoms with Crippen molar-refractivity contribution in [2.45, 2.75) is 38.3 Å². The molecule has 0 saturated carbocycles. The summed E-state index contributed by atoms with van der Waals surface area (Å²) in [5.74, 6) is 0. The second-order valence-corrected chi connectivity index (χ2v) is 5.35. The third-order valence-electron chi connectivity index (χ3n) is 3.75. The zero-order valence-electron chi connectivity index (χ0n) is 12.0. The third kappa shape index (κ3) is 3.69. The minimum Gasteiger partial charge on any atom is -0.326 e. The van der Waals surface area contributed by atoms with Gasteiger partial charge in [0.05, 0.1) is 4.92 Å². The standard InChI is InChI=1S/C14H20N4O3/c1-10(15)13-4-2-3-9-17(13)14(19)16-11-5-7-12(8-6-11)18(20)21/h5-8,10,13H,2-4,9,15H2,1H3,(H,16,19). The maximum atomic E-state index is 12.3. The lowest BCUT2D eigenvalue weighted by Crippen LogP contribution is -2.53. The Bertz CT molecular complexity index is 515. The molecular formula is C14H20N4O3. The minimum absolute atomic E-state index is 0.000529. The van der Waals surface area contributed by atoms with Crippen LogP contribution in [0, 0.1) is 10.1 Å². The third-order valence-corrected chi connectivity index (χ3v) is 3.75. The zero-order valence-corrected chi connectivity index (χ0v) is 12.0. The van der Waals surface area contributed by atoms with Crippen molar-refractivity contribution in [2.75, 3.05) is 11.9 Å². The first-order valence-corrected chi connectivity index (χ1v) is 7.06. The molecule has 0 aromatic heterocycles. The van der Waals surface area contributed by atoms with Crippen molar-refractivity contribution in [2.24, 2.45) is 5.73 Å². The van der Waals surface area contributed by atoms with Crippen molar-refractivity contribution < 1.29 is 9.72 Å². The molecule has 1 heterocycles. The van der Waals surface area contributed by atoms with Crippen molar-refractivity contribution >= 4 is 17.4 Å². The molecule has 2 unspecified atom stereocenters. The van der Waals surface area contributed by atoms with Gasteiger partial charge in [-0.3, -0.25) is 10.1 Å². The average molecular weight is 292 g/mol. The van der Waals surface area contributed by atoms with Crippen LogP contribution in [0.3, 0.4) is 0 Å². The Morgan fingerprint density at radius 1 is 1.43 bits per heavy atom. The number of nitro benzene ring substituents is 1. The predicted molar refractivity (Wildman–Crippen MR) is 80.1 cm³/mol. The highest BCUT2D eigenvalue weighted by Crippen LogP contribution is 2.21. The van der Waals surface area contributed by atoms with Gasteiger partial charge in [0.15, 0.2) is 0 Å². The summed E-state index contributed by atoms with van der Waals surface area (Å²) in [5, 5.41) is 13.4. The number of carbonyl (C=O) groups excluding carboxylic acids is 1. The van der Waals surface area contributed by atoms with E-state index in [9.17, 15) is 14.9 Å². The average Bonchev–Trinajstić information content (AvgIpc) is 2.47. The number of nitrogens with zero attached hydrogens (tertiary/aromatic N) is 2. The van der Waals surface area contributed by atoms with E-state index in [1.165, 1.54) is 24.3 Å². The molecule has 1 saturated heterocycles. The first kappa shape index (κ1) is 15.2. The number of nitrogens with one attached hydrogen (secondary N) is 1. The van der Waals surface area contributed by atoms with Crippen molar-refractivity contribution in [3.05, 3.63) is 34.4 Å². The Balaban J connectivity index is 2.04. The van der Waals surface area contributed by atoms with E-state index in [4.69, 9.17) is 5.73 Å². The number of hydrogen-bond acceptors (Lipinski definition) is 4. The van der Waals surface area contributed by atoms with E-state index in [2.05, 4.69) is 5.32 Å². The van der Waals surface area contributed by atoms with Gasteiger partial charge in [-0.2, -0.15) is 0 Å². The normalized spacial score (nSPS) is 19.9. The maximum absolute atomic E-state index is 12.3. The summed E-state index contributed by atoms with van der Waals surface area (Å²) < 4.78 is 0. The summed E-state index contributed by atoms with van der Waals surface area (Å²) >= 11 is 0. The Morgan fingerprint density at radius 2 is 2.10 bits per heavy atom. The number of benzene rings is 1. The molecule has 0 radical (unpaired) electrons. The van der Waals surface area contributed by atoms with Gasteiger partial charge in [-0.15, -0.1) is 0 Å². The number of likely N-dealkylation sites (tertiary alicyclic amines) is 1. The fourth-order valence-corrected chi connectivity index (χ4v) is 2.62. The van der Waals surface area contributed by atoms with Crippen molar-refractivity contribution in [1.29, 1.82) is 0 Å². The number of urea groups is 1. The second kappa shape index (κ2) is 6.53. The van der Waals surface area contributed by atoms with Gasteiger partial charge in [0.2, 0.25) is 0 Å². The number of piperidine rings is 1. The van der Waals surface area contributed by atoms with Crippen LogP contribution in [-0.2, 0) is 0 Å². The number of nitro groups is 1. The van der Waals surface area contributed by atoms with Gasteiger partial charge in [-0.1, -0.05) is 0 Å². The van der Waals surface area contributed by atoms with E-state index >= 15 is 0 Å². The van der Waals surface area contributed by atoms with Crippen LogP contribution in [0.2, 0.25) is 0 Å². The number of hydrogen-bond donors (Lipinski definition) is 2. The highest BCUT2D eigenvalue weighted by Gasteiger charge is 2.29. The monoisotopic (exact) mass is 292 g/mol. The highest BCUT2D eigenvalue weighted by molar-refractivity contribution is 5.89. The fourth-order valence-electron chi connectivity index (χ4n) is 2.62. The molecule has 0 aliphatic carbocycles. The largest absolute Gasteiger partial charge is 0.326 e. The Labute approximate surface area is 123 Å². The van der Waals surface area contributed by atoms with Gasteiger partial charge in [-0.05, 0) is 38.3 Å². The summed E-state index contributed by atoms with van der Waals surface area (Å²) in [6.45, 7) is 2.59. The molecule has 7 heteroatoms. The van der Waals surface area contributed by atoms with Crippen LogP contribution in [0.15, 0.2) is 24.3 Å². The first-order valence-electron chi connectivity index (χ1n) is 7.06. The molecule has 7 nitrogen and oxygen atoms in total. The minimum atomic E-state index is -0.470. The van der Waals surface area contributed by atoms with E-state index in [1.807, 2.05) is 6.92 Å². The van der Waals surface area contributed by atoms with Crippen LogP contribution in [0.25, 0.3) is 0 Å². The van der Waals surface area contributed by atoms with Gasteiger partial charge >= 0.3 is 6.03 Å². The van der Waals surface area contributed by atoms with E-state index < -0.39 is 4.92 Å². The SMILES string of the molecule is CC(N)C1CCCCN1C(=O)Nc1ccc([N+](=O)[O-])cc1. The topological polar surface area (TPSA) is 102 Å². The maximum Gasteiger partial charge on any atom is 0.322 e. The second-order valence-electron chi connectivity index (χ2n) is 5.35. The number of rotatable bonds is 3. The van der Waals surface area contributed by atoms with Gasteiger partial charge in [0, 0.05) is 36.4 Å². The van der Waals surface area contributed by atoms with Crippen molar-refractivity contribution in [1.82, 2.24) is 4.90 Å². The summed E-state index contributed by atoms with van der Waals surface area (Å²) in [4.78, 5) is 24.2. The van der Waals surface area contributed by atoms with Crippen LogP contribution in [0.1, 0.15) is 26.2 Å². The molecule has 1 aromatic rings. The number of non-ortho nitro benzene ring substituents is 1. The lowest BCUT2D eigenvalue weighted by molar-refractivity contribution is -0.384. The molecule has 1 aliphatic heterocycles. The molecule has 3 N–H and O–H groups in total. The van der Waals surface area contributed by atoms with Crippen molar-refractivity contribution in [3.8, 4) is 0 Å². The molecular weight excluding hydrogens is 272 g/mol. The molecule has 1 aliphatic rings. The molecule has 2 atom stereocenters. The van der Waals surface area contributed by atoms with Crippen LogP contribution in [0.5, 0.6) is 0 Å². The van der Waals surface area contributed by atoms with Crippen LogP contribution in [-0.4, -0.2) is 34.5 Å². The Hall–Kier alpha value is -2.15. The smallest absolute Gasteiger partial charge is 0.322 e. The van der Waals surface area contributed by atoms with Crippen molar-refractivity contribution in [3.63, 3.8) is 0 Å². The molecule has 114 valence electrons. The van der Waals surface area contributed by atoms with Gasteiger partial charge in [0.25, 0.3) is 5.69 Å². The van der Waals surface area contributed by atoms with Gasteiger partial charge < -0.3 is 16.0 Å². The molecule has 1 aromatic carbocycles. The van der Waals surface area contributed by atoms with Gasteiger partial charge in [0.1, 0.15) is 0 Å². The molecule has 2 amide bonds. The summed E-state index contributed by atoms with van der Waals surface area (Å²) in [6, 6.07) is 5.56. The first-order chi connectivity index (χ1) is 9.99. The lowest BCUT2D eigenvalue weighted by atomic mass is 9.97. The molecule has 0 spiro atoms. The van der Waals surface area contributed by atoms with Gasteiger partial charge in [-0.25, -0.2) is 4.79 Å². The quantitative estimate of drug-likeness (QED) is 0.659. The number of carbonyl (C=O) groups is 1. The van der Waals surface area contributed by atoms with Crippen LogP contribution >= 0.6 is 0 Å². The van der Waals surface area contributed by atoms with E-state index in [0.29, 0.717) is 12.2 Å². The summed E-state index contributed by atoms with van der Waals surface area (Å²) in [7, 11) is 0. The lowest BCUT2D eigenvalue weighted by Gasteiger charge is -2.37. The van der Waals surface area contributed by atoms with Crippen LogP contribution < -0.4 is 11.1 Å². The zero-order chi connectivity index (χ0) is 15.4.